The lowest BCUT2D eigenvalue weighted by Crippen LogP contribution is -2.38. The number of benzene rings is 1. The average Bonchev–Trinajstić information content (AvgIpc) is 2.28. The number of nitrogens with one attached hydrogen (secondary N) is 1. The number of rotatable bonds is 5. The highest BCUT2D eigenvalue weighted by molar-refractivity contribution is 5.96. The lowest BCUT2D eigenvalue weighted by molar-refractivity contribution is 0.0947. The Morgan fingerprint density at radius 3 is 2.78 bits per heavy atom. The lowest BCUT2D eigenvalue weighted by atomic mass is 10.0. The summed E-state index contributed by atoms with van der Waals surface area (Å²) in [7, 11) is 0. The van der Waals surface area contributed by atoms with Gasteiger partial charge in [0.1, 0.15) is 11.6 Å². The Balaban J connectivity index is 2.58. The molecule has 0 spiro atoms. The van der Waals surface area contributed by atoms with E-state index in [1.807, 2.05) is 13.8 Å². The molecule has 0 aliphatic heterocycles. The molecule has 0 saturated heterocycles. The summed E-state index contributed by atoms with van der Waals surface area (Å²) in [5, 5.41) is 12.0. The van der Waals surface area contributed by atoms with E-state index in [-0.39, 0.29) is 17.4 Å². The predicted molar refractivity (Wildman–Crippen MR) is 67.8 cm³/mol. The fourth-order valence-corrected chi connectivity index (χ4v) is 1.70. The standard InChI is InChI=1S/C13H19FN2O2/c1-8(2)5-10(15)7-16-13(18)11-6-9(14)3-4-12(11)17/h3-4,6,8,10,17H,5,7,15H2,1-2H3,(H,16,18). The predicted octanol–water partition coefficient (Wildman–Crippen LogP) is 1.63. The van der Waals surface area contributed by atoms with E-state index in [1.54, 1.807) is 0 Å². The Kier molecular flexibility index (Phi) is 5.09. The van der Waals surface area contributed by atoms with Crippen molar-refractivity contribution in [2.75, 3.05) is 6.54 Å². The highest BCUT2D eigenvalue weighted by Gasteiger charge is 2.13. The Labute approximate surface area is 106 Å². The number of carbonyl (C=O) groups is 1. The summed E-state index contributed by atoms with van der Waals surface area (Å²) >= 11 is 0. The van der Waals surface area contributed by atoms with Gasteiger partial charge in [-0.25, -0.2) is 4.39 Å². The molecule has 0 bridgehead atoms. The summed E-state index contributed by atoms with van der Waals surface area (Å²) < 4.78 is 13.0. The van der Waals surface area contributed by atoms with Gasteiger partial charge in [-0.3, -0.25) is 4.79 Å². The fraction of sp³-hybridized carbons (Fsp3) is 0.462. The molecule has 5 heteroatoms. The minimum absolute atomic E-state index is 0.0771. The summed E-state index contributed by atoms with van der Waals surface area (Å²) in [5.74, 6) is -0.888. The maximum atomic E-state index is 13.0. The van der Waals surface area contributed by atoms with Crippen LogP contribution >= 0.6 is 0 Å². The SMILES string of the molecule is CC(C)CC(N)CNC(=O)c1cc(F)ccc1O. The average molecular weight is 254 g/mol. The quantitative estimate of drug-likeness (QED) is 0.747. The van der Waals surface area contributed by atoms with E-state index < -0.39 is 11.7 Å². The minimum atomic E-state index is -0.565. The molecule has 18 heavy (non-hydrogen) atoms. The second kappa shape index (κ2) is 6.35. The van der Waals surface area contributed by atoms with Crippen molar-refractivity contribution >= 4 is 5.91 Å². The van der Waals surface area contributed by atoms with Crippen LogP contribution in [0, 0.1) is 11.7 Å². The van der Waals surface area contributed by atoms with E-state index in [9.17, 15) is 14.3 Å². The van der Waals surface area contributed by atoms with Gasteiger partial charge in [0.2, 0.25) is 0 Å². The third-order valence-corrected chi connectivity index (χ3v) is 2.50. The Morgan fingerprint density at radius 1 is 1.50 bits per heavy atom. The first-order valence-electron chi connectivity index (χ1n) is 5.92. The second-order valence-electron chi connectivity index (χ2n) is 4.76. The van der Waals surface area contributed by atoms with Crippen LogP contribution in [0.1, 0.15) is 30.6 Å². The number of hydrogen-bond donors (Lipinski definition) is 3. The number of hydrogen-bond acceptors (Lipinski definition) is 3. The summed E-state index contributed by atoms with van der Waals surface area (Å²) in [6.45, 7) is 4.38. The van der Waals surface area contributed by atoms with E-state index in [4.69, 9.17) is 5.73 Å². The molecule has 0 aliphatic rings. The molecule has 100 valence electrons. The molecule has 1 rings (SSSR count). The van der Waals surface area contributed by atoms with E-state index in [1.165, 1.54) is 0 Å². The van der Waals surface area contributed by atoms with Crippen molar-refractivity contribution in [3.8, 4) is 5.75 Å². The molecule has 0 fully saturated rings. The molecule has 0 aromatic heterocycles. The van der Waals surface area contributed by atoms with Crippen molar-refractivity contribution in [3.63, 3.8) is 0 Å². The Morgan fingerprint density at radius 2 is 2.17 bits per heavy atom. The molecule has 0 radical (unpaired) electrons. The van der Waals surface area contributed by atoms with Gasteiger partial charge in [-0.2, -0.15) is 0 Å². The monoisotopic (exact) mass is 254 g/mol. The molecule has 0 saturated carbocycles. The van der Waals surface area contributed by atoms with E-state index in [2.05, 4.69) is 5.32 Å². The van der Waals surface area contributed by atoms with E-state index >= 15 is 0 Å². The van der Waals surface area contributed by atoms with Crippen LogP contribution in [0.25, 0.3) is 0 Å². The number of amides is 1. The van der Waals surface area contributed by atoms with Gasteiger partial charge in [0, 0.05) is 12.6 Å². The lowest BCUT2D eigenvalue weighted by Gasteiger charge is -2.15. The zero-order chi connectivity index (χ0) is 13.7. The summed E-state index contributed by atoms with van der Waals surface area (Å²) in [5.41, 5.74) is 5.74. The van der Waals surface area contributed by atoms with Crippen LogP contribution in [0.3, 0.4) is 0 Å². The molecule has 4 nitrogen and oxygen atoms in total. The third-order valence-electron chi connectivity index (χ3n) is 2.50. The molecular formula is C13H19FN2O2. The van der Waals surface area contributed by atoms with Gasteiger partial charge in [0.15, 0.2) is 0 Å². The first-order valence-corrected chi connectivity index (χ1v) is 5.92. The number of halogens is 1. The summed E-state index contributed by atoms with van der Waals surface area (Å²) in [6, 6.07) is 3.10. The maximum absolute atomic E-state index is 13.0. The van der Waals surface area contributed by atoms with Crippen molar-refractivity contribution in [3.05, 3.63) is 29.6 Å². The van der Waals surface area contributed by atoms with Crippen molar-refractivity contribution in [1.82, 2.24) is 5.32 Å². The zero-order valence-electron chi connectivity index (χ0n) is 10.6. The highest BCUT2D eigenvalue weighted by Crippen LogP contribution is 2.17. The number of carbonyl (C=O) groups excluding carboxylic acids is 1. The normalized spacial score (nSPS) is 12.5. The van der Waals surface area contributed by atoms with Gasteiger partial charge in [-0.05, 0) is 30.5 Å². The van der Waals surface area contributed by atoms with Gasteiger partial charge < -0.3 is 16.2 Å². The Hall–Kier alpha value is -1.62. The third kappa shape index (κ3) is 4.33. The topological polar surface area (TPSA) is 75.3 Å². The van der Waals surface area contributed by atoms with Crippen molar-refractivity contribution in [2.45, 2.75) is 26.3 Å². The number of nitrogens with two attached hydrogens (primary N) is 1. The van der Waals surface area contributed by atoms with Crippen LogP contribution < -0.4 is 11.1 Å². The largest absolute Gasteiger partial charge is 0.507 e. The Bertz CT molecular complexity index is 421. The van der Waals surface area contributed by atoms with Gasteiger partial charge in [-0.1, -0.05) is 13.8 Å². The number of aromatic hydroxyl groups is 1. The second-order valence-corrected chi connectivity index (χ2v) is 4.76. The van der Waals surface area contributed by atoms with Crippen molar-refractivity contribution < 1.29 is 14.3 Å². The molecule has 1 atom stereocenters. The molecule has 1 amide bonds. The summed E-state index contributed by atoms with van der Waals surface area (Å²) in [6.07, 6.45) is 0.787. The molecule has 0 aliphatic carbocycles. The maximum Gasteiger partial charge on any atom is 0.255 e. The molecular weight excluding hydrogens is 235 g/mol. The molecule has 1 aromatic carbocycles. The van der Waals surface area contributed by atoms with E-state index in [0.717, 1.165) is 24.6 Å². The minimum Gasteiger partial charge on any atom is -0.507 e. The van der Waals surface area contributed by atoms with Crippen molar-refractivity contribution in [2.24, 2.45) is 11.7 Å². The molecule has 1 unspecified atom stereocenters. The van der Waals surface area contributed by atoms with Crippen LogP contribution in [-0.2, 0) is 0 Å². The summed E-state index contributed by atoms with van der Waals surface area (Å²) in [4.78, 5) is 11.7. The number of phenolic OH excluding ortho intramolecular Hbond substituents is 1. The first-order chi connectivity index (χ1) is 8.40. The van der Waals surface area contributed by atoms with Crippen LogP contribution in [0.2, 0.25) is 0 Å². The zero-order valence-corrected chi connectivity index (χ0v) is 10.6. The van der Waals surface area contributed by atoms with Crippen LogP contribution in [0.5, 0.6) is 5.75 Å². The van der Waals surface area contributed by atoms with Gasteiger partial charge >= 0.3 is 0 Å². The fourth-order valence-electron chi connectivity index (χ4n) is 1.70. The molecule has 4 N–H and O–H groups in total. The van der Waals surface area contributed by atoms with Gasteiger partial charge in [0.25, 0.3) is 5.91 Å². The molecule has 1 aromatic rings. The van der Waals surface area contributed by atoms with E-state index in [0.29, 0.717) is 12.5 Å². The smallest absolute Gasteiger partial charge is 0.255 e. The van der Waals surface area contributed by atoms with Gasteiger partial charge in [0.05, 0.1) is 5.56 Å². The van der Waals surface area contributed by atoms with Crippen LogP contribution in [0.15, 0.2) is 18.2 Å². The number of phenols is 1. The van der Waals surface area contributed by atoms with Gasteiger partial charge in [-0.15, -0.1) is 0 Å². The van der Waals surface area contributed by atoms with Crippen LogP contribution in [-0.4, -0.2) is 23.6 Å². The first kappa shape index (κ1) is 14.4. The molecule has 0 heterocycles. The highest BCUT2D eigenvalue weighted by atomic mass is 19.1. The van der Waals surface area contributed by atoms with Crippen LogP contribution in [0.4, 0.5) is 4.39 Å². The van der Waals surface area contributed by atoms with Crippen molar-refractivity contribution in [1.29, 1.82) is 0 Å².